The van der Waals surface area contributed by atoms with Gasteiger partial charge < -0.3 is 14.8 Å². The van der Waals surface area contributed by atoms with Crippen LogP contribution in [0.3, 0.4) is 0 Å². The third kappa shape index (κ3) is 6.41. The normalized spacial score (nSPS) is 16.3. The summed E-state index contributed by atoms with van der Waals surface area (Å²) in [6.07, 6.45) is -4.33. The Labute approximate surface area is 192 Å². The molecule has 3 rings (SSSR count). The molecule has 33 heavy (non-hydrogen) atoms. The molecule has 176 valence electrons. The van der Waals surface area contributed by atoms with Crippen molar-refractivity contribution in [3.05, 3.63) is 53.6 Å². The number of thioether (sulfide) groups is 1. The first kappa shape index (κ1) is 24.4. The minimum Gasteiger partial charge on any atom is -0.493 e. The van der Waals surface area contributed by atoms with E-state index in [1.54, 1.807) is 30.3 Å². The van der Waals surface area contributed by atoms with Crippen molar-refractivity contribution in [2.75, 3.05) is 12.4 Å². The van der Waals surface area contributed by atoms with Gasteiger partial charge in [-0.05, 0) is 42.3 Å². The number of nitrogens with one attached hydrogen (secondary N) is 1. The van der Waals surface area contributed by atoms with Gasteiger partial charge in [0.05, 0.1) is 24.6 Å². The van der Waals surface area contributed by atoms with Gasteiger partial charge in [-0.15, -0.1) is 13.2 Å². The molecule has 0 bridgehead atoms. The van der Waals surface area contributed by atoms with E-state index < -0.39 is 12.1 Å². The summed E-state index contributed by atoms with van der Waals surface area (Å²) in [5, 5.41) is 7.82. The Morgan fingerprint density at radius 2 is 1.88 bits per heavy atom. The number of carbonyl (C=O) groups excluding carboxylic acids is 2. The van der Waals surface area contributed by atoms with Crippen LogP contribution in [-0.4, -0.2) is 40.6 Å². The zero-order valence-corrected chi connectivity index (χ0v) is 18.9. The zero-order chi connectivity index (χ0) is 24.2. The van der Waals surface area contributed by atoms with Gasteiger partial charge in [0, 0.05) is 18.2 Å². The summed E-state index contributed by atoms with van der Waals surface area (Å²) in [4.78, 5) is 23.8. The van der Waals surface area contributed by atoms with E-state index in [0.717, 1.165) is 17.3 Å². The number of amides is 2. The van der Waals surface area contributed by atoms with Crippen LogP contribution in [0.5, 0.6) is 11.5 Å². The highest BCUT2D eigenvalue weighted by Crippen LogP contribution is 2.36. The van der Waals surface area contributed by atoms with Crippen molar-refractivity contribution in [3.8, 4) is 11.5 Å². The lowest BCUT2D eigenvalue weighted by Gasteiger charge is -2.28. The Hall–Kier alpha value is -3.21. The molecule has 0 aromatic heterocycles. The van der Waals surface area contributed by atoms with Gasteiger partial charge in [-0.1, -0.05) is 30.8 Å². The third-order valence-corrected chi connectivity index (χ3v) is 5.90. The summed E-state index contributed by atoms with van der Waals surface area (Å²) in [6.45, 7) is 3.43. The highest BCUT2D eigenvalue weighted by Gasteiger charge is 2.34. The second kappa shape index (κ2) is 10.2. The average molecular weight is 481 g/mol. The van der Waals surface area contributed by atoms with E-state index in [1.807, 2.05) is 6.92 Å². The van der Waals surface area contributed by atoms with Gasteiger partial charge in [-0.25, -0.2) is 5.01 Å². The number of benzene rings is 2. The monoisotopic (exact) mass is 481 g/mol. The average Bonchev–Trinajstić information content (AvgIpc) is 2.74. The molecule has 7 nitrogen and oxygen atoms in total. The molecule has 0 saturated carbocycles. The van der Waals surface area contributed by atoms with Crippen molar-refractivity contribution < 1.29 is 32.2 Å². The predicted octanol–water partition coefficient (Wildman–Crippen LogP) is 5.40. The van der Waals surface area contributed by atoms with Crippen LogP contribution in [-0.2, 0) is 11.3 Å². The van der Waals surface area contributed by atoms with Gasteiger partial charge in [0.25, 0.3) is 0 Å². The number of hydrazone groups is 1. The molecule has 0 fully saturated rings. The first-order chi connectivity index (χ1) is 15.6. The van der Waals surface area contributed by atoms with Crippen LogP contribution < -0.4 is 14.8 Å². The summed E-state index contributed by atoms with van der Waals surface area (Å²) in [5.41, 5.74) is 2.25. The Bertz CT molecular complexity index is 1060. The van der Waals surface area contributed by atoms with Crippen molar-refractivity contribution in [1.29, 1.82) is 0 Å². The molecule has 1 aliphatic rings. The summed E-state index contributed by atoms with van der Waals surface area (Å²) < 4.78 is 47.6. The number of alkyl halides is 3. The minimum atomic E-state index is -4.88. The van der Waals surface area contributed by atoms with Crippen LogP contribution in [0.15, 0.2) is 47.6 Å². The highest BCUT2D eigenvalue weighted by atomic mass is 32.2. The van der Waals surface area contributed by atoms with E-state index in [1.165, 1.54) is 31.2 Å². The number of anilines is 1. The summed E-state index contributed by atoms with van der Waals surface area (Å²) in [6, 6.07) is 11.1. The van der Waals surface area contributed by atoms with Crippen LogP contribution in [0.1, 0.15) is 31.4 Å². The molecule has 1 aliphatic heterocycles. The fourth-order valence-corrected chi connectivity index (χ4v) is 4.14. The molecule has 2 amide bonds. The summed E-state index contributed by atoms with van der Waals surface area (Å²) >= 11 is 1.06. The number of ether oxygens (including phenoxy) is 2. The second-order valence-corrected chi connectivity index (χ2v) is 8.27. The van der Waals surface area contributed by atoms with Crippen molar-refractivity contribution in [1.82, 2.24) is 5.01 Å². The van der Waals surface area contributed by atoms with Crippen molar-refractivity contribution in [2.45, 2.75) is 38.4 Å². The predicted molar refractivity (Wildman–Crippen MR) is 120 cm³/mol. The third-order valence-electron chi connectivity index (χ3n) is 4.65. The van der Waals surface area contributed by atoms with E-state index in [4.69, 9.17) is 4.74 Å². The molecule has 0 aliphatic carbocycles. The molecular weight excluding hydrogens is 459 g/mol. The van der Waals surface area contributed by atoms with Gasteiger partial charge in [0.2, 0.25) is 5.91 Å². The minimum absolute atomic E-state index is 0.0691. The molecule has 2 aromatic rings. The topological polar surface area (TPSA) is 80.2 Å². The first-order valence-corrected chi connectivity index (χ1v) is 10.8. The number of halogens is 3. The second-order valence-electron chi connectivity index (χ2n) is 7.12. The lowest BCUT2D eigenvalue weighted by atomic mass is 10.0. The summed E-state index contributed by atoms with van der Waals surface area (Å²) in [7, 11) is 1.25. The van der Waals surface area contributed by atoms with Gasteiger partial charge in [-0.2, -0.15) is 5.10 Å². The molecule has 11 heteroatoms. The fraction of sp³-hybridized carbons (Fsp3) is 0.318. The number of carbonyl (C=O) groups is 2. The number of methoxy groups -OCH3 is 1. The van der Waals surface area contributed by atoms with Crippen LogP contribution in [0, 0.1) is 0 Å². The lowest BCUT2D eigenvalue weighted by molar-refractivity contribution is -0.275. The lowest BCUT2D eigenvalue weighted by Crippen LogP contribution is -2.34. The molecular formula is C22H22F3N3O4S. The molecule has 0 radical (unpaired) electrons. The Balaban J connectivity index is 1.91. The van der Waals surface area contributed by atoms with Gasteiger partial charge in [0.1, 0.15) is 0 Å². The van der Waals surface area contributed by atoms with Crippen LogP contribution in [0.4, 0.5) is 23.7 Å². The number of hydrogen-bond donors (Lipinski definition) is 1. The van der Waals surface area contributed by atoms with E-state index in [9.17, 15) is 22.8 Å². The van der Waals surface area contributed by atoms with Gasteiger partial charge in [0.15, 0.2) is 11.5 Å². The number of nitrogens with zero attached hydrogens (tertiary/aromatic N) is 2. The maximum Gasteiger partial charge on any atom is 0.573 e. The van der Waals surface area contributed by atoms with Crippen LogP contribution in [0.25, 0.3) is 0 Å². The molecule has 1 N–H and O–H groups in total. The summed E-state index contributed by atoms with van der Waals surface area (Å²) in [5.74, 6) is -0.749. The van der Waals surface area contributed by atoms with Gasteiger partial charge in [-0.3, -0.25) is 9.59 Å². The zero-order valence-electron chi connectivity index (χ0n) is 18.1. The SMILES string of the molecule is CCC1SC(=O)N(Cc2ccc(NC(C)=O)cc2)N=C1c1ccc(OC)c(OC(F)(F)F)c1. The van der Waals surface area contributed by atoms with Gasteiger partial charge >= 0.3 is 11.6 Å². The Morgan fingerprint density at radius 1 is 1.18 bits per heavy atom. The van der Waals surface area contributed by atoms with Crippen molar-refractivity contribution in [3.63, 3.8) is 0 Å². The van der Waals surface area contributed by atoms with Crippen LogP contribution in [0.2, 0.25) is 0 Å². The molecule has 1 unspecified atom stereocenters. The largest absolute Gasteiger partial charge is 0.573 e. The van der Waals surface area contributed by atoms with E-state index >= 15 is 0 Å². The molecule has 0 spiro atoms. The van der Waals surface area contributed by atoms with Crippen LogP contribution >= 0.6 is 11.8 Å². The van der Waals surface area contributed by atoms with Crippen molar-refractivity contribution in [2.24, 2.45) is 5.10 Å². The van der Waals surface area contributed by atoms with E-state index in [-0.39, 0.29) is 28.7 Å². The quantitative estimate of drug-likeness (QED) is 0.573. The number of rotatable bonds is 7. The smallest absolute Gasteiger partial charge is 0.493 e. The Kier molecular flexibility index (Phi) is 7.52. The maximum atomic E-state index is 12.8. The van der Waals surface area contributed by atoms with Crippen molar-refractivity contribution >= 4 is 34.3 Å². The molecule has 2 aromatic carbocycles. The van der Waals surface area contributed by atoms with E-state index in [0.29, 0.717) is 23.4 Å². The Morgan fingerprint density at radius 3 is 2.45 bits per heavy atom. The standard InChI is InChI=1S/C22H22F3N3O4S/c1-4-19-20(15-7-10-17(31-3)18(11-15)32-22(23,24)25)27-28(21(30)33-19)12-14-5-8-16(9-6-14)26-13(2)29/h5-11,19H,4,12H2,1-3H3,(H,26,29). The van der Waals surface area contributed by atoms with E-state index in [2.05, 4.69) is 15.2 Å². The number of hydrogen-bond acceptors (Lipinski definition) is 6. The maximum absolute atomic E-state index is 12.8. The molecule has 1 atom stereocenters. The highest BCUT2D eigenvalue weighted by molar-refractivity contribution is 8.14. The fourth-order valence-electron chi connectivity index (χ4n) is 3.20. The first-order valence-electron chi connectivity index (χ1n) is 9.97. The molecule has 0 saturated heterocycles. The molecule has 1 heterocycles.